The molecule has 1 aliphatic heterocycles. The van der Waals surface area contributed by atoms with Gasteiger partial charge in [-0.2, -0.15) is 0 Å². The van der Waals surface area contributed by atoms with Crippen LogP contribution in [0.25, 0.3) is 0 Å². The first kappa shape index (κ1) is 13.5. The Hall–Kier alpha value is -1.98. The van der Waals surface area contributed by atoms with Gasteiger partial charge in [-0.25, -0.2) is 14.8 Å². The highest BCUT2D eigenvalue weighted by Crippen LogP contribution is 2.19. The minimum atomic E-state index is -0.938. The molecule has 0 aromatic carbocycles. The lowest BCUT2D eigenvalue weighted by atomic mass is 10.0. The van der Waals surface area contributed by atoms with Crippen molar-refractivity contribution >= 4 is 11.9 Å². The molecule has 1 fully saturated rings. The molecule has 1 amide bonds. The number of carbonyl (C=O) groups excluding carboxylic acids is 1. The van der Waals surface area contributed by atoms with Crippen molar-refractivity contribution < 1.29 is 14.7 Å². The van der Waals surface area contributed by atoms with Gasteiger partial charge in [-0.3, -0.25) is 4.79 Å². The molecule has 1 aromatic heterocycles. The van der Waals surface area contributed by atoms with Crippen molar-refractivity contribution in [2.45, 2.75) is 38.1 Å². The maximum atomic E-state index is 12.4. The highest BCUT2D eigenvalue weighted by Gasteiger charge is 2.30. The fraction of sp³-hybridized carbons (Fsp3) is 0.538. The summed E-state index contributed by atoms with van der Waals surface area (Å²) in [7, 11) is 0. The smallest absolute Gasteiger partial charge is 0.326 e. The van der Waals surface area contributed by atoms with Crippen LogP contribution in [-0.2, 0) is 4.79 Å². The van der Waals surface area contributed by atoms with E-state index >= 15 is 0 Å². The molecule has 0 aliphatic carbocycles. The molecule has 1 unspecified atom stereocenters. The number of hydrogen-bond donors (Lipinski definition) is 1. The Morgan fingerprint density at radius 2 is 1.84 bits per heavy atom. The van der Waals surface area contributed by atoms with Crippen LogP contribution < -0.4 is 0 Å². The molecule has 19 heavy (non-hydrogen) atoms. The fourth-order valence-electron chi connectivity index (χ4n) is 2.36. The van der Waals surface area contributed by atoms with Crippen molar-refractivity contribution in [1.82, 2.24) is 14.9 Å². The van der Waals surface area contributed by atoms with Crippen molar-refractivity contribution in [3.05, 3.63) is 24.3 Å². The number of amides is 1. The van der Waals surface area contributed by atoms with Crippen LogP contribution >= 0.6 is 0 Å². The predicted octanol–water partition coefficient (Wildman–Crippen LogP) is 1.34. The van der Waals surface area contributed by atoms with Gasteiger partial charge in [0.05, 0.1) is 5.56 Å². The van der Waals surface area contributed by atoms with E-state index in [1.54, 1.807) is 0 Å². The van der Waals surface area contributed by atoms with E-state index in [1.165, 1.54) is 23.6 Å². The topological polar surface area (TPSA) is 83.4 Å². The van der Waals surface area contributed by atoms with E-state index in [0.29, 0.717) is 18.5 Å². The first-order valence-electron chi connectivity index (χ1n) is 6.49. The minimum absolute atomic E-state index is 0.296. The summed E-state index contributed by atoms with van der Waals surface area (Å²) in [6, 6.07) is -0.743. The summed E-state index contributed by atoms with van der Waals surface area (Å²) in [5.74, 6) is -1.23. The summed E-state index contributed by atoms with van der Waals surface area (Å²) < 4.78 is 0. The van der Waals surface area contributed by atoms with E-state index in [2.05, 4.69) is 9.97 Å². The van der Waals surface area contributed by atoms with Gasteiger partial charge in [-0.1, -0.05) is 19.3 Å². The lowest BCUT2D eigenvalue weighted by molar-refractivity contribution is -0.142. The maximum Gasteiger partial charge on any atom is 0.326 e. The van der Waals surface area contributed by atoms with Gasteiger partial charge in [-0.15, -0.1) is 0 Å². The summed E-state index contributed by atoms with van der Waals surface area (Å²) in [5.41, 5.74) is 0.342. The molecule has 1 saturated heterocycles. The van der Waals surface area contributed by atoms with Gasteiger partial charge in [0.25, 0.3) is 5.91 Å². The van der Waals surface area contributed by atoms with Crippen molar-refractivity contribution in [1.29, 1.82) is 0 Å². The fourth-order valence-corrected chi connectivity index (χ4v) is 2.36. The summed E-state index contributed by atoms with van der Waals surface area (Å²) >= 11 is 0. The molecule has 0 radical (unpaired) electrons. The number of carbonyl (C=O) groups is 2. The zero-order chi connectivity index (χ0) is 13.7. The van der Waals surface area contributed by atoms with E-state index in [4.69, 9.17) is 0 Å². The summed E-state index contributed by atoms with van der Waals surface area (Å²) in [6.07, 6.45) is 8.44. The lowest BCUT2D eigenvalue weighted by Gasteiger charge is -2.30. The zero-order valence-corrected chi connectivity index (χ0v) is 10.7. The summed E-state index contributed by atoms with van der Waals surface area (Å²) in [5, 5.41) is 9.30. The van der Waals surface area contributed by atoms with Gasteiger partial charge in [0.15, 0.2) is 0 Å². The van der Waals surface area contributed by atoms with E-state index in [0.717, 1.165) is 25.7 Å². The van der Waals surface area contributed by atoms with Gasteiger partial charge in [0.2, 0.25) is 0 Å². The second kappa shape index (κ2) is 6.26. The Bertz CT molecular complexity index is 450. The molecule has 102 valence electrons. The molecule has 0 saturated carbocycles. The third-order valence-corrected chi connectivity index (χ3v) is 3.36. The molecular weight excluding hydrogens is 246 g/mol. The van der Waals surface area contributed by atoms with Crippen LogP contribution in [0, 0.1) is 0 Å². The highest BCUT2D eigenvalue weighted by atomic mass is 16.4. The molecule has 2 heterocycles. The molecule has 1 atom stereocenters. The van der Waals surface area contributed by atoms with Crippen molar-refractivity contribution in [3.8, 4) is 0 Å². The van der Waals surface area contributed by atoms with Crippen LogP contribution in [0.5, 0.6) is 0 Å². The Balaban J connectivity index is 2.21. The van der Waals surface area contributed by atoms with E-state index < -0.39 is 12.0 Å². The van der Waals surface area contributed by atoms with Crippen molar-refractivity contribution in [2.24, 2.45) is 0 Å². The SMILES string of the molecule is O=C(O)C1CCCCCCN1C(=O)c1cncnc1. The molecule has 0 spiro atoms. The van der Waals surface area contributed by atoms with Crippen LogP contribution in [0.15, 0.2) is 18.7 Å². The molecule has 0 bridgehead atoms. The van der Waals surface area contributed by atoms with E-state index in [1.807, 2.05) is 0 Å². The number of hydrogen-bond acceptors (Lipinski definition) is 4. The quantitative estimate of drug-likeness (QED) is 0.870. The third kappa shape index (κ3) is 3.27. The molecule has 6 heteroatoms. The van der Waals surface area contributed by atoms with Gasteiger partial charge in [-0.05, 0) is 12.8 Å². The third-order valence-electron chi connectivity index (χ3n) is 3.36. The van der Waals surface area contributed by atoms with Gasteiger partial charge >= 0.3 is 5.97 Å². The standard InChI is InChI=1S/C13H17N3O3/c17-12(10-7-14-9-15-8-10)16-6-4-2-1-3-5-11(16)13(18)19/h7-9,11H,1-6H2,(H,18,19). The van der Waals surface area contributed by atoms with Crippen LogP contribution in [0.1, 0.15) is 42.5 Å². The van der Waals surface area contributed by atoms with Crippen LogP contribution in [0.4, 0.5) is 0 Å². The van der Waals surface area contributed by atoms with Crippen LogP contribution in [-0.4, -0.2) is 44.4 Å². The first-order chi connectivity index (χ1) is 9.20. The van der Waals surface area contributed by atoms with Gasteiger partial charge in [0, 0.05) is 18.9 Å². The summed E-state index contributed by atoms with van der Waals surface area (Å²) in [6.45, 7) is 0.477. The normalized spacial score (nSPS) is 20.4. The Labute approximate surface area is 111 Å². The maximum absolute atomic E-state index is 12.4. The predicted molar refractivity (Wildman–Crippen MR) is 67.6 cm³/mol. The van der Waals surface area contributed by atoms with E-state index in [9.17, 15) is 14.7 Å². The highest BCUT2D eigenvalue weighted by molar-refractivity contribution is 5.96. The molecular formula is C13H17N3O3. The molecule has 1 N–H and O–H groups in total. The Morgan fingerprint density at radius 3 is 2.53 bits per heavy atom. The second-order valence-electron chi connectivity index (χ2n) is 4.68. The van der Waals surface area contributed by atoms with Crippen molar-refractivity contribution in [3.63, 3.8) is 0 Å². The lowest BCUT2D eigenvalue weighted by Crippen LogP contribution is -2.46. The molecule has 2 rings (SSSR count). The number of likely N-dealkylation sites (tertiary alicyclic amines) is 1. The minimum Gasteiger partial charge on any atom is -0.480 e. The van der Waals surface area contributed by atoms with Crippen LogP contribution in [0.2, 0.25) is 0 Å². The van der Waals surface area contributed by atoms with Crippen molar-refractivity contribution in [2.75, 3.05) is 6.54 Å². The average Bonchev–Trinajstić information content (AvgIpc) is 2.38. The Kier molecular flexibility index (Phi) is 4.43. The number of aliphatic carboxylic acids is 1. The van der Waals surface area contributed by atoms with Gasteiger partial charge < -0.3 is 10.0 Å². The Morgan fingerprint density at radius 1 is 1.16 bits per heavy atom. The van der Waals surface area contributed by atoms with Crippen LogP contribution in [0.3, 0.4) is 0 Å². The average molecular weight is 263 g/mol. The first-order valence-corrected chi connectivity index (χ1v) is 6.49. The van der Waals surface area contributed by atoms with Gasteiger partial charge in [0.1, 0.15) is 12.4 Å². The number of rotatable bonds is 2. The molecule has 1 aromatic rings. The number of nitrogens with zero attached hydrogens (tertiary/aromatic N) is 3. The summed E-state index contributed by atoms with van der Waals surface area (Å²) in [4.78, 5) is 32.8. The largest absolute Gasteiger partial charge is 0.480 e. The molecule has 6 nitrogen and oxygen atoms in total. The number of carboxylic acids is 1. The monoisotopic (exact) mass is 263 g/mol. The number of aromatic nitrogens is 2. The molecule has 1 aliphatic rings. The number of carboxylic acid groups (broad SMARTS) is 1. The van der Waals surface area contributed by atoms with E-state index in [-0.39, 0.29) is 5.91 Å². The zero-order valence-electron chi connectivity index (χ0n) is 10.7. The second-order valence-corrected chi connectivity index (χ2v) is 4.68.